The molecular weight excluding hydrogens is 519 g/mol. The average molecular weight is 539 g/mol. The molecule has 37 heavy (non-hydrogen) atoms. The fourth-order valence-corrected chi connectivity index (χ4v) is 5.24. The fourth-order valence-electron chi connectivity index (χ4n) is 4.04. The van der Waals surface area contributed by atoms with Crippen LogP contribution in [0.3, 0.4) is 0 Å². The standard InChI is InChI=1S/C27H20ClFN2O5S/c1-15-23(26(33)34-2)24(16-6-4-3-5-7-16)31-25(32)22(37-27(31)30-15)13-18-8-9-19(36-18)14-35-17-10-11-21(29)20(28)12-17/h3-13,24H,14H2,1-2H3. The number of carbonyl (C=O) groups is 1. The van der Waals surface area contributed by atoms with E-state index in [9.17, 15) is 14.0 Å². The molecule has 188 valence electrons. The summed E-state index contributed by atoms with van der Waals surface area (Å²) in [4.78, 5) is 31.2. The highest BCUT2D eigenvalue weighted by molar-refractivity contribution is 7.07. The van der Waals surface area contributed by atoms with E-state index in [1.807, 2.05) is 30.3 Å². The van der Waals surface area contributed by atoms with Crippen LogP contribution >= 0.6 is 22.9 Å². The minimum absolute atomic E-state index is 0.0348. The number of methoxy groups -OCH3 is 1. The minimum Gasteiger partial charge on any atom is -0.486 e. The number of thiazole rings is 1. The van der Waals surface area contributed by atoms with E-state index in [4.69, 9.17) is 25.5 Å². The number of furan rings is 1. The van der Waals surface area contributed by atoms with Gasteiger partial charge in [0.25, 0.3) is 5.56 Å². The van der Waals surface area contributed by atoms with Gasteiger partial charge in [0.15, 0.2) is 4.80 Å². The molecule has 0 amide bonds. The molecule has 0 fully saturated rings. The van der Waals surface area contributed by atoms with Crippen molar-refractivity contribution in [1.29, 1.82) is 0 Å². The molecule has 0 saturated heterocycles. The van der Waals surface area contributed by atoms with Crippen molar-refractivity contribution < 1.29 is 23.1 Å². The Kier molecular flexibility index (Phi) is 6.82. The second-order valence-corrected chi connectivity index (χ2v) is 9.57. The third-order valence-electron chi connectivity index (χ3n) is 5.77. The van der Waals surface area contributed by atoms with Gasteiger partial charge < -0.3 is 13.9 Å². The summed E-state index contributed by atoms with van der Waals surface area (Å²) in [5.74, 6) is 0.281. The van der Waals surface area contributed by atoms with Gasteiger partial charge in [-0.15, -0.1) is 0 Å². The summed E-state index contributed by atoms with van der Waals surface area (Å²) in [6.07, 6.45) is 1.63. The Hall–Kier alpha value is -3.95. The maximum Gasteiger partial charge on any atom is 0.338 e. The van der Waals surface area contributed by atoms with Crippen LogP contribution < -0.4 is 19.6 Å². The Morgan fingerprint density at radius 3 is 2.73 bits per heavy atom. The number of ether oxygens (including phenoxy) is 2. The first-order valence-electron chi connectivity index (χ1n) is 11.2. The number of hydrogen-bond acceptors (Lipinski definition) is 7. The molecule has 5 rings (SSSR count). The zero-order chi connectivity index (χ0) is 26.1. The van der Waals surface area contributed by atoms with Crippen molar-refractivity contribution in [3.05, 3.63) is 120 Å². The van der Waals surface area contributed by atoms with Gasteiger partial charge in [0.2, 0.25) is 0 Å². The minimum atomic E-state index is -0.671. The van der Waals surface area contributed by atoms with E-state index in [2.05, 4.69) is 4.99 Å². The van der Waals surface area contributed by atoms with Crippen LogP contribution in [0.5, 0.6) is 5.75 Å². The average Bonchev–Trinajstić information content (AvgIpc) is 3.47. The monoisotopic (exact) mass is 538 g/mol. The predicted octanol–water partition coefficient (Wildman–Crippen LogP) is 4.37. The third-order valence-corrected chi connectivity index (χ3v) is 7.04. The highest BCUT2D eigenvalue weighted by Gasteiger charge is 2.32. The molecule has 0 N–H and O–H groups in total. The molecule has 4 aromatic rings. The number of aromatic nitrogens is 1. The van der Waals surface area contributed by atoms with E-state index < -0.39 is 17.8 Å². The van der Waals surface area contributed by atoms with Gasteiger partial charge in [0, 0.05) is 12.1 Å². The summed E-state index contributed by atoms with van der Waals surface area (Å²) < 4.78 is 31.7. The van der Waals surface area contributed by atoms with Gasteiger partial charge in [-0.3, -0.25) is 9.36 Å². The number of benzene rings is 2. The van der Waals surface area contributed by atoms with Gasteiger partial charge in [-0.2, -0.15) is 0 Å². The number of esters is 1. The van der Waals surface area contributed by atoms with E-state index >= 15 is 0 Å². The number of allylic oxidation sites excluding steroid dienone is 1. The molecule has 0 radical (unpaired) electrons. The Labute approximate surface area is 219 Å². The second-order valence-electron chi connectivity index (χ2n) is 8.15. The summed E-state index contributed by atoms with van der Waals surface area (Å²) in [6, 6.07) is 16.1. The maximum absolute atomic E-state index is 13.5. The normalized spacial score (nSPS) is 15.4. The lowest BCUT2D eigenvalue weighted by Crippen LogP contribution is -2.39. The molecule has 1 aliphatic rings. The molecule has 1 unspecified atom stereocenters. The summed E-state index contributed by atoms with van der Waals surface area (Å²) in [7, 11) is 1.30. The van der Waals surface area contributed by atoms with Gasteiger partial charge in [-0.25, -0.2) is 14.2 Å². The highest BCUT2D eigenvalue weighted by atomic mass is 35.5. The molecule has 0 saturated carbocycles. The first-order valence-corrected chi connectivity index (χ1v) is 12.4. The van der Waals surface area contributed by atoms with Crippen molar-refractivity contribution in [3.8, 4) is 5.75 Å². The lowest BCUT2D eigenvalue weighted by Gasteiger charge is -2.24. The van der Waals surface area contributed by atoms with E-state index in [0.717, 1.165) is 5.56 Å². The molecule has 2 aromatic heterocycles. The molecule has 0 bridgehead atoms. The molecule has 2 aromatic carbocycles. The van der Waals surface area contributed by atoms with Gasteiger partial charge >= 0.3 is 5.97 Å². The topological polar surface area (TPSA) is 83.0 Å². The van der Waals surface area contributed by atoms with E-state index in [1.165, 1.54) is 41.2 Å². The zero-order valence-corrected chi connectivity index (χ0v) is 21.3. The molecule has 7 nitrogen and oxygen atoms in total. The second kappa shape index (κ2) is 10.2. The van der Waals surface area contributed by atoms with E-state index in [1.54, 1.807) is 25.1 Å². The fraction of sp³-hybridized carbons (Fsp3) is 0.148. The Balaban J connectivity index is 1.49. The molecule has 1 aliphatic heterocycles. The summed E-state index contributed by atoms with van der Waals surface area (Å²) >= 11 is 6.99. The van der Waals surface area contributed by atoms with Crippen molar-refractivity contribution in [3.63, 3.8) is 0 Å². The maximum atomic E-state index is 13.5. The van der Waals surface area contributed by atoms with E-state index in [0.29, 0.717) is 37.9 Å². The van der Waals surface area contributed by atoms with Crippen molar-refractivity contribution in [1.82, 2.24) is 4.57 Å². The smallest absolute Gasteiger partial charge is 0.338 e. The lowest BCUT2D eigenvalue weighted by molar-refractivity contribution is -0.136. The predicted molar refractivity (Wildman–Crippen MR) is 137 cm³/mol. The van der Waals surface area contributed by atoms with Crippen LogP contribution in [0.4, 0.5) is 4.39 Å². The Morgan fingerprint density at radius 2 is 2.00 bits per heavy atom. The molecule has 10 heteroatoms. The van der Waals surface area contributed by atoms with E-state index in [-0.39, 0.29) is 17.2 Å². The number of fused-ring (bicyclic) bond motifs is 1. The van der Waals surface area contributed by atoms with Gasteiger partial charge in [0.05, 0.1) is 34.0 Å². The SMILES string of the molecule is COC(=O)C1=C(C)N=c2sc(=Cc3ccc(COc4ccc(F)c(Cl)c4)o3)c(=O)n2C1c1ccccc1. The Bertz CT molecular complexity index is 1700. The number of rotatable bonds is 6. The zero-order valence-electron chi connectivity index (χ0n) is 19.7. The summed E-state index contributed by atoms with van der Waals surface area (Å²) in [6.45, 7) is 1.82. The van der Waals surface area contributed by atoms with Crippen molar-refractivity contribution in [2.75, 3.05) is 7.11 Å². The first kappa shape index (κ1) is 24.7. The highest BCUT2D eigenvalue weighted by Crippen LogP contribution is 2.30. The van der Waals surface area contributed by atoms with Crippen LogP contribution in [0.2, 0.25) is 5.02 Å². The number of nitrogens with zero attached hydrogens (tertiary/aromatic N) is 2. The lowest BCUT2D eigenvalue weighted by atomic mass is 9.96. The van der Waals surface area contributed by atoms with Crippen molar-refractivity contribution >= 4 is 35.0 Å². The number of carbonyl (C=O) groups excluding carboxylic acids is 1. The first-order chi connectivity index (χ1) is 17.9. The van der Waals surface area contributed by atoms with Crippen LogP contribution in [-0.2, 0) is 16.1 Å². The molecule has 0 aliphatic carbocycles. The van der Waals surface area contributed by atoms with Gasteiger partial charge in [-0.1, -0.05) is 53.3 Å². The van der Waals surface area contributed by atoms with Crippen LogP contribution in [-0.4, -0.2) is 17.6 Å². The van der Waals surface area contributed by atoms with Crippen LogP contribution in [0, 0.1) is 5.82 Å². The number of hydrogen-bond donors (Lipinski definition) is 0. The largest absolute Gasteiger partial charge is 0.486 e. The molecule has 1 atom stereocenters. The summed E-state index contributed by atoms with van der Waals surface area (Å²) in [5.41, 5.74) is 1.27. The van der Waals surface area contributed by atoms with Gasteiger partial charge in [0.1, 0.15) is 29.7 Å². The molecular formula is C27H20ClFN2O5S. The third kappa shape index (κ3) is 4.87. The molecule has 3 heterocycles. The Morgan fingerprint density at radius 1 is 1.22 bits per heavy atom. The van der Waals surface area contributed by atoms with Crippen LogP contribution in [0.15, 0.2) is 86.1 Å². The van der Waals surface area contributed by atoms with Crippen LogP contribution in [0.1, 0.15) is 30.0 Å². The van der Waals surface area contributed by atoms with Crippen molar-refractivity contribution in [2.24, 2.45) is 4.99 Å². The number of halogens is 2. The van der Waals surface area contributed by atoms with Gasteiger partial charge in [-0.05, 0) is 36.8 Å². The quantitative estimate of drug-likeness (QED) is 0.340. The molecule has 0 spiro atoms. The summed E-state index contributed by atoms with van der Waals surface area (Å²) in [5, 5.41) is -0.0348. The van der Waals surface area contributed by atoms with Crippen molar-refractivity contribution in [2.45, 2.75) is 19.6 Å². The van der Waals surface area contributed by atoms with Crippen LogP contribution in [0.25, 0.3) is 6.08 Å².